The van der Waals surface area contributed by atoms with Crippen molar-refractivity contribution in [2.75, 3.05) is 11.1 Å². The second-order valence-electron chi connectivity index (χ2n) is 4.41. The summed E-state index contributed by atoms with van der Waals surface area (Å²) in [5.74, 6) is 0.551. The van der Waals surface area contributed by atoms with Gasteiger partial charge >= 0.3 is 0 Å². The summed E-state index contributed by atoms with van der Waals surface area (Å²) in [7, 11) is 0. The molecule has 0 unspecified atom stereocenters. The Hall–Kier alpha value is -2.88. The van der Waals surface area contributed by atoms with Gasteiger partial charge in [0, 0.05) is 29.3 Å². The molecule has 20 heavy (non-hydrogen) atoms. The molecule has 0 spiro atoms. The minimum Gasteiger partial charge on any atom is -0.399 e. The van der Waals surface area contributed by atoms with E-state index >= 15 is 0 Å². The molecule has 0 aliphatic heterocycles. The largest absolute Gasteiger partial charge is 0.399 e. The van der Waals surface area contributed by atoms with Crippen LogP contribution in [0.4, 0.5) is 17.3 Å². The fraction of sp³-hybridized carbons (Fsp3) is 0. The van der Waals surface area contributed by atoms with Gasteiger partial charge < -0.3 is 11.1 Å². The molecule has 0 fully saturated rings. The van der Waals surface area contributed by atoms with Gasteiger partial charge in [-0.1, -0.05) is 36.4 Å². The maximum Gasteiger partial charge on any atom is 0.227 e. The van der Waals surface area contributed by atoms with Gasteiger partial charge in [-0.2, -0.15) is 0 Å². The van der Waals surface area contributed by atoms with Gasteiger partial charge in [-0.3, -0.25) is 0 Å². The van der Waals surface area contributed by atoms with Gasteiger partial charge in [0.25, 0.3) is 0 Å². The highest BCUT2D eigenvalue weighted by Gasteiger charge is 2.00. The molecule has 3 N–H and O–H groups in total. The van der Waals surface area contributed by atoms with E-state index in [4.69, 9.17) is 5.73 Å². The van der Waals surface area contributed by atoms with Gasteiger partial charge in [-0.25, -0.2) is 9.97 Å². The minimum atomic E-state index is 0.551. The van der Waals surface area contributed by atoms with Crippen LogP contribution in [0.1, 0.15) is 0 Å². The van der Waals surface area contributed by atoms with Gasteiger partial charge in [-0.05, 0) is 23.8 Å². The van der Waals surface area contributed by atoms with Crippen molar-refractivity contribution in [2.45, 2.75) is 0 Å². The van der Waals surface area contributed by atoms with E-state index < -0.39 is 0 Å². The van der Waals surface area contributed by atoms with Crippen molar-refractivity contribution in [3.63, 3.8) is 0 Å². The van der Waals surface area contributed by atoms with Gasteiger partial charge in [0.05, 0.1) is 0 Å². The highest BCUT2D eigenvalue weighted by atomic mass is 15.1. The van der Waals surface area contributed by atoms with E-state index in [0.29, 0.717) is 11.6 Å². The zero-order chi connectivity index (χ0) is 13.8. The molecule has 0 bridgehead atoms. The zero-order valence-corrected chi connectivity index (χ0v) is 10.8. The van der Waals surface area contributed by atoms with E-state index in [1.165, 1.54) is 0 Å². The summed E-state index contributed by atoms with van der Waals surface area (Å²) in [5, 5.41) is 3.12. The molecule has 0 aliphatic rings. The van der Waals surface area contributed by atoms with Crippen LogP contribution in [0.3, 0.4) is 0 Å². The fourth-order valence-corrected chi connectivity index (χ4v) is 1.92. The van der Waals surface area contributed by atoms with Crippen LogP contribution in [0.25, 0.3) is 11.1 Å². The van der Waals surface area contributed by atoms with Crippen molar-refractivity contribution in [2.24, 2.45) is 0 Å². The predicted octanol–water partition coefficient (Wildman–Crippen LogP) is 3.47. The number of nitrogen functional groups attached to an aromatic ring is 1. The lowest BCUT2D eigenvalue weighted by Gasteiger charge is -2.06. The summed E-state index contributed by atoms with van der Waals surface area (Å²) in [5.41, 5.74) is 9.40. The highest BCUT2D eigenvalue weighted by molar-refractivity contribution is 5.63. The van der Waals surface area contributed by atoms with Gasteiger partial charge in [-0.15, -0.1) is 0 Å². The first kappa shape index (κ1) is 12.2. The molecule has 1 heterocycles. The fourth-order valence-electron chi connectivity index (χ4n) is 1.92. The molecule has 0 saturated carbocycles. The van der Waals surface area contributed by atoms with Gasteiger partial charge in [0.15, 0.2) is 0 Å². The smallest absolute Gasteiger partial charge is 0.227 e. The van der Waals surface area contributed by atoms with Crippen LogP contribution in [0.2, 0.25) is 0 Å². The average Bonchev–Trinajstić information content (AvgIpc) is 2.49. The van der Waals surface area contributed by atoms with Crippen molar-refractivity contribution >= 4 is 17.3 Å². The number of anilines is 3. The molecule has 0 saturated heterocycles. The van der Waals surface area contributed by atoms with Crippen molar-refractivity contribution in [1.29, 1.82) is 0 Å². The number of nitrogens with two attached hydrogens (primary N) is 1. The molecule has 2 aromatic carbocycles. The predicted molar refractivity (Wildman–Crippen MR) is 81.6 cm³/mol. The SMILES string of the molecule is Nc1cccc(Nc2ncc(-c3ccccc3)cn2)c1. The monoisotopic (exact) mass is 262 g/mol. The average molecular weight is 262 g/mol. The van der Waals surface area contributed by atoms with Crippen molar-refractivity contribution in [3.8, 4) is 11.1 Å². The number of benzene rings is 2. The Bertz CT molecular complexity index is 693. The van der Waals surface area contributed by atoms with E-state index in [2.05, 4.69) is 15.3 Å². The molecule has 0 aliphatic carbocycles. The van der Waals surface area contributed by atoms with Crippen LogP contribution in [0.5, 0.6) is 0 Å². The van der Waals surface area contributed by atoms with Crippen LogP contribution < -0.4 is 11.1 Å². The normalized spacial score (nSPS) is 10.2. The first-order valence-electron chi connectivity index (χ1n) is 6.31. The van der Waals surface area contributed by atoms with Crippen LogP contribution in [0.15, 0.2) is 67.0 Å². The standard InChI is InChI=1S/C16H14N4/c17-14-7-4-8-15(9-14)20-16-18-10-13(11-19-16)12-5-2-1-3-6-12/h1-11H,17H2,(H,18,19,20). The second-order valence-corrected chi connectivity index (χ2v) is 4.41. The maximum absolute atomic E-state index is 5.73. The molecular weight excluding hydrogens is 248 g/mol. The molecule has 4 nitrogen and oxygen atoms in total. The molecule has 3 rings (SSSR count). The molecule has 1 aromatic heterocycles. The third-order valence-corrected chi connectivity index (χ3v) is 2.90. The van der Waals surface area contributed by atoms with E-state index in [1.807, 2.05) is 54.6 Å². The van der Waals surface area contributed by atoms with Crippen molar-refractivity contribution < 1.29 is 0 Å². The van der Waals surface area contributed by atoms with Crippen molar-refractivity contribution in [1.82, 2.24) is 9.97 Å². The molecule has 3 aromatic rings. The first-order chi connectivity index (χ1) is 9.81. The maximum atomic E-state index is 5.73. The molecular formula is C16H14N4. The summed E-state index contributed by atoms with van der Waals surface area (Å²) in [4.78, 5) is 8.63. The second kappa shape index (κ2) is 5.40. The third kappa shape index (κ3) is 2.75. The van der Waals surface area contributed by atoms with Crippen LogP contribution in [0, 0.1) is 0 Å². The van der Waals surface area contributed by atoms with E-state index in [0.717, 1.165) is 16.8 Å². The summed E-state index contributed by atoms with van der Waals surface area (Å²) in [6.07, 6.45) is 3.61. The number of nitrogens with zero attached hydrogens (tertiary/aromatic N) is 2. The topological polar surface area (TPSA) is 63.8 Å². The number of hydrogen-bond donors (Lipinski definition) is 2. The van der Waals surface area contributed by atoms with Gasteiger partial charge in [0.2, 0.25) is 5.95 Å². The van der Waals surface area contributed by atoms with Crippen LogP contribution in [-0.2, 0) is 0 Å². The Morgan fingerprint density at radius 2 is 1.55 bits per heavy atom. The quantitative estimate of drug-likeness (QED) is 0.709. The summed E-state index contributed by atoms with van der Waals surface area (Å²) >= 11 is 0. The molecule has 98 valence electrons. The Morgan fingerprint density at radius 1 is 0.800 bits per heavy atom. The molecule has 0 atom stereocenters. The third-order valence-electron chi connectivity index (χ3n) is 2.90. The van der Waals surface area contributed by atoms with Crippen LogP contribution >= 0.6 is 0 Å². The number of aromatic nitrogens is 2. The minimum absolute atomic E-state index is 0.551. The number of nitrogens with one attached hydrogen (secondary N) is 1. The number of rotatable bonds is 3. The Morgan fingerprint density at radius 3 is 2.25 bits per heavy atom. The first-order valence-corrected chi connectivity index (χ1v) is 6.31. The highest BCUT2D eigenvalue weighted by Crippen LogP contribution is 2.19. The number of hydrogen-bond acceptors (Lipinski definition) is 4. The summed E-state index contributed by atoms with van der Waals surface area (Å²) < 4.78 is 0. The van der Waals surface area contributed by atoms with Crippen LogP contribution in [-0.4, -0.2) is 9.97 Å². The summed E-state index contributed by atoms with van der Waals surface area (Å²) in [6, 6.07) is 17.5. The summed E-state index contributed by atoms with van der Waals surface area (Å²) in [6.45, 7) is 0. The lowest BCUT2D eigenvalue weighted by Crippen LogP contribution is -1.97. The molecule has 4 heteroatoms. The molecule has 0 radical (unpaired) electrons. The van der Waals surface area contributed by atoms with E-state index in [1.54, 1.807) is 12.4 Å². The van der Waals surface area contributed by atoms with E-state index in [-0.39, 0.29) is 0 Å². The Labute approximate surface area is 117 Å². The zero-order valence-electron chi connectivity index (χ0n) is 10.8. The molecule has 0 amide bonds. The Kier molecular flexibility index (Phi) is 3.29. The lowest BCUT2D eigenvalue weighted by molar-refractivity contribution is 1.17. The Balaban J connectivity index is 1.80. The van der Waals surface area contributed by atoms with E-state index in [9.17, 15) is 0 Å². The van der Waals surface area contributed by atoms with Crippen molar-refractivity contribution in [3.05, 3.63) is 67.0 Å². The van der Waals surface area contributed by atoms with Gasteiger partial charge in [0.1, 0.15) is 0 Å². The lowest BCUT2D eigenvalue weighted by atomic mass is 10.1.